The Bertz CT molecular complexity index is 240. The Balaban J connectivity index is 1.89. The van der Waals surface area contributed by atoms with E-state index in [1.54, 1.807) is 5.57 Å². The summed E-state index contributed by atoms with van der Waals surface area (Å²) in [5.41, 5.74) is 1.56. The molecule has 2 bridgehead atoms. The Morgan fingerprint density at radius 1 is 1.23 bits per heavy atom. The van der Waals surface area contributed by atoms with Crippen LogP contribution < -0.4 is 0 Å². The van der Waals surface area contributed by atoms with Crippen molar-refractivity contribution in [3.63, 3.8) is 0 Å². The van der Waals surface area contributed by atoms with Gasteiger partial charge in [-0.2, -0.15) is 0 Å². The summed E-state index contributed by atoms with van der Waals surface area (Å²) in [4.78, 5) is 0. The quantitative estimate of drug-likeness (QED) is 0.563. The van der Waals surface area contributed by atoms with Gasteiger partial charge in [-0.25, -0.2) is 0 Å². The molecule has 4 rings (SSSR count). The van der Waals surface area contributed by atoms with E-state index in [-0.39, 0.29) is 0 Å². The van der Waals surface area contributed by atoms with Crippen molar-refractivity contribution in [3.8, 4) is 0 Å². The largest absolute Gasteiger partial charge is 0.143 e. The van der Waals surface area contributed by atoms with Gasteiger partial charge in [-0.1, -0.05) is 12.2 Å². The SMILES string of the molecule is C=C1C[C@H]2CC[C@@H]1CC21SCCS1. The van der Waals surface area contributed by atoms with Crippen molar-refractivity contribution in [3.05, 3.63) is 12.2 Å². The lowest BCUT2D eigenvalue weighted by Crippen LogP contribution is -2.42. The molecule has 4 aliphatic rings. The van der Waals surface area contributed by atoms with Crippen LogP contribution in [0.25, 0.3) is 0 Å². The van der Waals surface area contributed by atoms with Crippen LogP contribution in [0.3, 0.4) is 0 Å². The van der Waals surface area contributed by atoms with E-state index in [0.29, 0.717) is 4.08 Å². The van der Waals surface area contributed by atoms with Crippen molar-refractivity contribution < 1.29 is 0 Å². The molecule has 0 aromatic carbocycles. The highest BCUT2D eigenvalue weighted by molar-refractivity contribution is 8.21. The highest BCUT2D eigenvalue weighted by Crippen LogP contribution is 2.62. The van der Waals surface area contributed by atoms with Crippen LogP contribution in [0.1, 0.15) is 25.7 Å². The van der Waals surface area contributed by atoms with Crippen molar-refractivity contribution >= 4 is 23.5 Å². The molecule has 0 aromatic rings. The number of thioether (sulfide) groups is 2. The zero-order valence-electron chi connectivity index (χ0n) is 7.92. The Morgan fingerprint density at radius 3 is 2.54 bits per heavy atom. The van der Waals surface area contributed by atoms with Crippen LogP contribution in [0.15, 0.2) is 12.2 Å². The number of hydrogen-bond donors (Lipinski definition) is 0. The first kappa shape index (κ1) is 8.72. The van der Waals surface area contributed by atoms with Crippen LogP contribution in [-0.4, -0.2) is 15.6 Å². The average Bonchev–Trinajstić information content (AvgIpc) is 2.57. The molecule has 2 atom stereocenters. The van der Waals surface area contributed by atoms with Gasteiger partial charge in [-0.3, -0.25) is 0 Å². The van der Waals surface area contributed by atoms with Crippen molar-refractivity contribution in [1.82, 2.24) is 0 Å². The summed E-state index contributed by atoms with van der Waals surface area (Å²) in [6, 6.07) is 0. The second-order valence-electron chi connectivity index (χ2n) is 4.55. The van der Waals surface area contributed by atoms with Crippen LogP contribution in [0, 0.1) is 11.8 Å². The number of fused-ring (bicyclic) bond motifs is 2. The van der Waals surface area contributed by atoms with Gasteiger partial charge in [-0.05, 0) is 37.5 Å². The molecule has 4 fully saturated rings. The molecule has 0 aromatic heterocycles. The number of rotatable bonds is 0. The maximum atomic E-state index is 4.23. The zero-order valence-corrected chi connectivity index (χ0v) is 9.55. The molecule has 13 heavy (non-hydrogen) atoms. The zero-order chi connectivity index (χ0) is 8.89. The van der Waals surface area contributed by atoms with E-state index < -0.39 is 0 Å². The van der Waals surface area contributed by atoms with E-state index in [1.165, 1.54) is 37.2 Å². The standard InChI is InChI=1S/C11H16S2/c1-8-6-10-3-2-9(8)7-11(10)12-4-5-13-11/h9-10H,1-7H2/t9-,10-/m1/s1. The smallest absolute Gasteiger partial charge is 0.0648 e. The van der Waals surface area contributed by atoms with Gasteiger partial charge in [0.2, 0.25) is 0 Å². The minimum atomic E-state index is 0.643. The first-order valence-corrected chi connectivity index (χ1v) is 7.23. The van der Waals surface area contributed by atoms with Gasteiger partial charge in [0.05, 0.1) is 4.08 Å². The van der Waals surface area contributed by atoms with Crippen LogP contribution in [0.4, 0.5) is 0 Å². The Morgan fingerprint density at radius 2 is 2.00 bits per heavy atom. The van der Waals surface area contributed by atoms with E-state index in [2.05, 4.69) is 30.1 Å². The molecule has 1 spiro atoms. The van der Waals surface area contributed by atoms with E-state index >= 15 is 0 Å². The normalized spacial score (nSPS) is 41.7. The van der Waals surface area contributed by atoms with Gasteiger partial charge in [0, 0.05) is 11.5 Å². The summed E-state index contributed by atoms with van der Waals surface area (Å²) in [6.07, 6.45) is 5.69. The van der Waals surface area contributed by atoms with Crippen LogP contribution in [0.2, 0.25) is 0 Å². The maximum Gasteiger partial charge on any atom is 0.0648 e. The Labute approximate surface area is 88.9 Å². The molecule has 1 aliphatic heterocycles. The molecule has 0 N–H and O–H groups in total. The topological polar surface area (TPSA) is 0 Å². The molecule has 0 radical (unpaired) electrons. The third kappa shape index (κ3) is 1.21. The Hall–Kier alpha value is 0.440. The fraction of sp³-hybridized carbons (Fsp3) is 0.818. The maximum absolute atomic E-state index is 4.23. The second kappa shape index (κ2) is 2.96. The van der Waals surface area contributed by atoms with Crippen LogP contribution in [0.5, 0.6) is 0 Å². The highest BCUT2D eigenvalue weighted by atomic mass is 32.2. The van der Waals surface area contributed by atoms with Gasteiger partial charge in [0.25, 0.3) is 0 Å². The van der Waals surface area contributed by atoms with Crippen LogP contribution >= 0.6 is 23.5 Å². The van der Waals surface area contributed by atoms with Crippen molar-refractivity contribution in [2.45, 2.75) is 29.8 Å². The molecule has 72 valence electrons. The van der Waals surface area contributed by atoms with Gasteiger partial charge >= 0.3 is 0 Å². The molecule has 0 amide bonds. The predicted octanol–water partition coefficient (Wildman–Crippen LogP) is 3.54. The summed E-state index contributed by atoms with van der Waals surface area (Å²) < 4.78 is 0.643. The van der Waals surface area contributed by atoms with Crippen molar-refractivity contribution in [1.29, 1.82) is 0 Å². The number of allylic oxidation sites excluding steroid dienone is 1. The minimum absolute atomic E-state index is 0.643. The lowest BCUT2D eigenvalue weighted by Gasteiger charge is -2.49. The van der Waals surface area contributed by atoms with E-state index in [4.69, 9.17) is 0 Å². The molecule has 2 heteroatoms. The molecule has 3 saturated carbocycles. The average molecular weight is 212 g/mol. The third-order valence-corrected chi connectivity index (χ3v) is 7.64. The monoisotopic (exact) mass is 212 g/mol. The summed E-state index contributed by atoms with van der Waals surface area (Å²) in [5, 5.41) is 0. The van der Waals surface area contributed by atoms with Crippen molar-refractivity contribution in [2.75, 3.05) is 11.5 Å². The molecular weight excluding hydrogens is 196 g/mol. The first-order valence-electron chi connectivity index (χ1n) is 5.26. The van der Waals surface area contributed by atoms with E-state index in [1.807, 2.05) is 0 Å². The summed E-state index contributed by atoms with van der Waals surface area (Å²) in [7, 11) is 0. The van der Waals surface area contributed by atoms with Gasteiger partial charge in [0.15, 0.2) is 0 Å². The predicted molar refractivity (Wildman–Crippen MR) is 62.2 cm³/mol. The summed E-state index contributed by atoms with van der Waals surface area (Å²) in [6.45, 7) is 4.23. The minimum Gasteiger partial charge on any atom is -0.143 e. The van der Waals surface area contributed by atoms with Gasteiger partial charge in [-0.15, -0.1) is 23.5 Å². The lowest BCUT2D eigenvalue weighted by atomic mass is 9.68. The van der Waals surface area contributed by atoms with Gasteiger partial charge in [0.1, 0.15) is 0 Å². The fourth-order valence-corrected chi connectivity index (χ4v) is 6.85. The molecular formula is C11H16S2. The first-order chi connectivity index (χ1) is 6.30. The third-order valence-electron chi connectivity index (χ3n) is 3.88. The van der Waals surface area contributed by atoms with E-state index in [9.17, 15) is 0 Å². The van der Waals surface area contributed by atoms with Crippen molar-refractivity contribution in [2.24, 2.45) is 11.8 Å². The lowest BCUT2D eigenvalue weighted by molar-refractivity contribution is 0.233. The van der Waals surface area contributed by atoms with Crippen LogP contribution in [-0.2, 0) is 0 Å². The molecule has 0 nitrogen and oxygen atoms in total. The summed E-state index contributed by atoms with van der Waals surface area (Å²) in [5.74, 6) is 4.62. The van der Waals surface area contributed by atoms with Gasteiger partial charge < -0.3 is 0 Å². The second-order valence-corrected chi connectivity index (χ2v) is 7.66. The summed E-state index contributed by atoms with van der Waals surface area (Å²) >= 11 is 4.51. The highest BCUT2D eigenvalue weighted by Gasteiger charge is 2.51. The molecule has 0 unspecified atom stereocenters. The molecule has 3 aliphatic carbocycles. The number of hydrogen-bond acceptors (Lipinski definition) is 2. The molecule has 1 heterocycles. The fourth-order valence-electron chi connectivity index (χ4n) is 3.15. The Kier molecular flexibility index (Phi) is 1.99. The van der Waals surface area contributed by atoms with E-state index in [0.717, 1.165) is 11.8 Å². The molecule has 1 saturated heterocycles.